The summed E-state index contributed by atoms with van der Waals surface area (Å²) in [7, 11) is 0. The Labute approximate surface area is 72.3 Å². The minimum absolute atomic E-state index is 0.143. The van der Waals surface area contributed by atoms with Crippen molar-refractivity contribution in [2.45, 2.75) is 26.2 Å². The average Bonchev–Trinajstić information content (AvgIpc) is 2.43. The Kier molecular flexibility index (Phi) is 1.75. The van der Waals surface area contributed by atoms with Crippen LogP contribution in [-0.2, 0) is 4.79 Å². The molecule has 64 valence electrons. The molecule has 2 nitrogen and oxygen atoms in total. The number of fused-ring (bicyclic) bond motifs is 1. The topological polar surface area (TPSA) is 29.1 Å². The zero-order chi connectivity index (χ0) is 8.55. The Bertz CT molecular complexity index is 276. The van der Waals surface area contributed by atoms with Crippen LogP contribution in [0, 0.1) is 5.92 Å². The van der Waals surface area contributed by atoms with Crippen molar-refractivity contribution in [1.29, 1.82) is 0 Å². The van der Waals surface area contributed by atoms with Crippen LogP contribution in [0.5, 0.6) is 0 Å². The Morgan fingerprint density at radius 2 is 2.50 bits per heavy atom. The molecule has 12 heavy (non-hydrogen) atoms. The Morgan fingerprint density at radius 3 is 3.25 bits per heavy atom. The maximum atomic E-state index is 11.0. The van der Waals surface area contributed by atoms with E-state index < -0.39 is 0 Å². The van der Waals surface area contributed by atoms with Gasteiger partial charge in [0.05, 0.1) is 6.42 Å². The molecule has 1 heterocycles. The molecule has 1 aliphatic heterocycles. The predicted octanol–water partition coefficient (Wildman–Crippen LogP) is 1.75. The molecule has 2 aliphatic rings. The summed E-state index contributed by atoms with van der Waals surface area (Å²) in [6.45, 7) is 2.19. The van der Waals surface area contributed by atoms with Crippen LogP contribution in [0.2, 0.25) is 0 Å². The van der Waals surface area contributed by atoms with Gasteiger partial charge in [-0.2, -0.15) is 0 Å². The quantitative estimate of drug-likeness (QED) is 0.627. The maximum Gasteiger partial charge on any atom is 0.228 e. The van der Waals surface area contributed by atoms with Crippen molar-refractivity contribution >= 4 is 5.91 Å². The van der Waals surface area contributed by atoms with Gasteiger partial charge in [-0.3, -0.25) is 4.79 Å². The van der Waals surface area contributed by atoms with Crippen LogP contribution in [0.1, 0.15) is 26.2 Å². The molecular formula is C10H13NO. The molecule has 0 aromatic carbocycles. The van der Waals surface area contributed by atoms with Gasteiger partial charge < -0.3 is 5.32 Å². The number of allylic oxidation sites excluding steroid dienone is 3. The monoisotopic (exact) mass is 163 g/mol. The number of hydrogen-bond acceptors (Lipinski definition) is 1. The number of carbonyl (C=O) groups is 1. The van der Waals surface area contributed by atoms with Gasteiger partial charge in [-0.05, 0) is 24.3 Å². The summed E-state index contributed by atoms with van der Waals surface area (Å²) in [5.41, 5.74) is 2.27. The smallest absolute Gasteiger partial charge is 0.228 e. The van der Waals surface area contributed by atoms with Crippen LogP contribution in [0.15, 0.2) is 23.4 Å². The van der Waals surface area contributed by atoms with Crippen LogP contribution in [-0.4, -0.2) is 5.91 Å². The predicted molar refractivity (Wildman–Crippen MR) is 47.3 cm³/mol. The summed E-state index contributed by atoms with van der Waals surface area (Å²) < 4.78 is 0. The minimum Gasteiger partial charge on any atom is -0.326 e. The van der Waals surface area contributed by atoms with Gasteiger partial charge in [-0.25, -0.2) is 0 Å². The van der Waals surface area contributed by atoms with Crippen LogP contribution < -0.4 is 5.32 Å². The van der Waals surface area contributed by atoms with Gasteiger partial charge in [0.2, 0.25) is 5.91 Å². The van der Waals surface area contributed by atoms with E-state index in [9.17, 15) is 4.79 Å². The summed E-state index contributed by atoms with van der Waals surface area (Å²) in [4.78, 5) is 11.0. The highest BCUT2D eigenvalue weighted by Gasteiger charge is 2.23. The first kappa shape index (κ1) is 7.59. The summed E-state index contributed by atoms with van der Waals surface area (Å²) in [6, 6.07) is 0. The molecule has 0 aromatic rings. The van der Waals surface area contributed by atoms with Gasteiger partial charge in [-0.1, -0.05) is 19.1 Å². The molecule has 0 saturated carbocycles. The minimum atomic E-state index is 0.143. The summed E-state index contributed by atoms with van der Waals surface area (Å²) >= 11 is 0. The molecule has 2 heteroatoms. The highest BCUT2D eigenvalue weighted by atomic mass is 16.1. The highest BCUT2D eigenvalue weighted by molar-refractivity contribution is 5.87. The lowest BCUT2D eigenvalue weighted by Gasteiger charge is -2.14. The number of carbonyl (C=O) groups excluding carboxylic acids is 1. The molecular weight excluding hydrogens is 150 g/mol. The number of rotatable bonds is 1. The highest BCUT2D eigenvalue weighted by Crippen LogP contribution is 2.28. The molecule has 1 saturated heterocycles. The van der Waals surface area contributed by atoms with Crippen molar-refractivity contribution in [3.8, 4) is 0 Å². The molecule has 1 N–H and O–H groups in total. The molecule has 1 unspecified atom stereocenters. The van der Waals surface area contributed by atoms with Gasteiger partial charge in [0, 0.05) is 5.70 Å². The first-order valence-corrected chi connectivity index (χ1v) is 4.50. The molecule has 0 aromatic heterocycles. The van der Waals surface area contributed by atoms with E-state index in [0.717, 1.165) is 12.1 Å². The molecule has 1 amide bonds. The van der Waals surface area contributed by atoms with E-state index in [0.29, 0.717) is 12.3 Å². The number of hydrogen-bond donors (Lipinski definition) is 1. The van der Waals surface area contributed by atoms with E-state index in [-0.39, 0.29) is 5.91 Å². The first-order valence-electron chi connectivity index (χ1n) is 4.50. The Morgan fingerprint density at radius 1 is 1.67 bits per heavy atom. The maximum absolute atomic E-state index is 11.0. The van der Waals surface area contributed by atoms with E-state index in [1.165, 1.54) is 12.0 Å². The SMILES string of the molecule is CCC1C=C2CC(=O)NC2=CC1. The average molecular weight is 163 g/mol. The molecule has 1 atom stereocenters. The lowest BCUT2D eigenvalue weighted by molar-refractivity contribution is -0.118. The summed E-state index contributed by atoms with van der Waals surface area (Å²) in [6.07, 6.45) is 7.22. The third-order valence-corrected chi connectivity index (χ3v) is 2.56. The van der Waals surface area contributed by atoms with Crippen molar-refractivity contribution in [2.75, 3.05) is 0 Å². The van der Waals surface area contributed by atoms with Gasteiger partial charge in [0.25, 0.3) is 0 Å². The molecule has 1 aliphatic carbocycles. The van der Waals surface area contributed by atoms with Crippen molar-refractivity contribution < 1.29 is 4.79 Å². The van der Waals surface area contributed by atoms with Crippen LogP contribution in [0.25, 0.3) is 0 Å². The second kappa shape index (κ2) is 2.77. The fraction of sp³-hybridized carbons (Fsp3) is 0.500. The lowest BCUT2D eigenvalue weighted by atomic mass is 9.92. The third-order valence-electron chi connectivity index (χ3n) is 2.56. The van der Waals surface area contributed by atoms with Gasteiger partial charge in [0.15, 0.2) is 0 Å². The van der Waals surface area contributed by atoms with Gasteiger partial charge >= 0.3 is 0 Å². The standard InChI is InChI=1S/C10H13NO/c1-2-7-3-4-9-8(5-7)6-10(12)11-9/h4-5,7H,2-3,6H2,1H3,(H,11,12). The van der Waals surface area contributed by atoms with Crippen LogP contribution in [0.4, 0.5) is 0 Å². The van der Waals surface area contributed by atoms with Crippen molar-refractivity contribution in [3.05, 3.63) is 23.4 Å². The zero-order valence-corrected chi connectivity index (χ0v) is 7.26. The van der Waals surface area contributed by atoms with E-state index in [1.54, 1.807) is 0 Å². The van der Waals surface area contributed by atoms with Crippen LogP contribution >= 0.6 is 0 Å². The van der Waals surface area contributed by atoms with Gasteiger partial charge in [0.1, 0.15) is 0 Å². The fourth-order valence-corrected chi connectivity index (χ4v) is 1.78. The first-order chi connectivity index (χ1) is 5.79. The van der Waals surface area contributed by atoms with Crippen molar-refractivity contribution in [1.82, 2.24) is 5.32 Å². The van der Waals surface area contributed by atoms with Crippen molar-refractivity contribution in [3.63, 3.8) is 0 Å². The normalized spacial score (nSPS) is 27.4. The Hall–Kier alpha value is -1.05. The van der Waals surface area contributed by atoms with Crippen molar-refractivity contribution in [2.24, 2.45) is 5.92 Å². The summed E-state index contributed by atoms with van der Waals surface area (Å²) in [5.74, 6) is 0.792. The second-order valence-electron chi connectivity index (χ2n) is 3.44. The molecule has 2 rings (SSSR count). The van der Waals surface area contributed by atoms with E-state index >= 15 is 0 Å². The molecule has 0 radical (unpaired) electrons. The molecule has 1 fully saturated rings. The third kappa shape index (κ3) is 1.17. The number of nitrogens with one attached hydrogen (secondary N) is 1. The van der Waals surface area contributed by atoms with E-state index in [1.807, 2.05) is 0 Å². The fourth-order valence-electron chi connectivity index (χ4n) is 1.78. The Balaban J connectivity index is 2.22. The lowest BCUT2D eigenvalue weighted by Crippen LogP contribution is -2.13. The second-order valence-corrected chi connectivity index (χ2v) is 3.44. The van der Waals surface area contributed by atoms with Gasteiger partial charge in [-0.15, -0.1) is 0 Å². The summed E-state index contributed by atoms with van der Waals surface area (Å²) in [5, 5.41) is 2.85. The van der Waals surface area contributed by atoms with Crippen LogP contribution in [0.3, 0.4) is 0 Å². The number of amides is 1. The van der Waals surface area contributed by atoms with E-state index in [4.69, 9.17) is 0 Å². The molecule has 0 bridgehead atoms. The molecule has 0 spiro atoms. The van der Waals surface area contributed by atoms with E-state index in [2.05, 4.69) is 24.4 Å². The zero-order valence-electron chi connectivity index (χ0n) is 7.26. The largest absolute Gasteiger partial charge is 0.326 e.